The molecule has 0 radical (unpaired) electrons. The van der Waals surface area contributed by atoms with Crippen LogP contribution in [-0.2, 0) is 0 Å². The fourth-order valence-corrected chi connectivity index (χ4v) is 2.41. The van der Waals surface area contributed by atoms with E-state index < -0.39 is 0 Å². The lowest BCUT2D eigenvalue weighted by atomic mass is 10.0. The van der Waals surface area contributed by atoms with Crippen molar-refractivity contribution in [1.29, 1.82) is 0 Å². The van der Waals surface area contributed by atoms with Gasteiger partial charge in [-0.3, -0.25) is 0 Å². The van der Waals surface area contributed by atoms with Crippen molar-refractivity contribution in [2.24, 2.45) is 5.73 Å². The molecule has 1 aromatic rings. The molecule has 1 heterocycles. The van der Waals surface area contributed by atoms with Gasteiger partial charge < -0.3 is 15.4 Å². The monoisotopic (exact) mass is 248 g/mol. The van der Waals surface area contributed by atoms with Crippen LogP contribution in [0.25, 0.3) is 0 Å². The minimum absolute atomic E-state index is 0.0866. The number of likely N-dealkylation sites (tertiary alicyclic amines) is 1. The number of nitrogens with zero attached hydrogens (tertiary/aromatic N) is 1. The van der Waals surface area contributed by atoms with Crippen LogP contribution in [0.4, 0.5) is 0 Å². The van der Waals surface area contributed by atoms with Crippen molar-refractivity contribution in [1.82, 2.24) is 4.90 Å². The molecule has 1 aromatic carbocycles. The molecule has 0 bridgehead atoms. The summed E-state index contributed by atoms with van der Waals surface area (Å²) in [5.74, 6) is 0.943. The molecule has 1 aliphatic heterocycles. The van der Waals surface area contributed by atoms with Gasteiger partial charge >= 0.3 is 0 Å². The maximum absolute atomic E-state index is 5.87. The highest BCUT2D eigenvalue weighted by Gasteiger charge is 2.19. The average Bonchev–Trinajstić information content (AvgIpc) is 2.38. The second kappa shape index (κ2) is 6.21. The predicted molar refractivity (Wildman–Crippen MR) is 74.8 cm³/mol. The van der Waals surface area contributed by atoms with Gasteiger partial charge in [0.25, 0.3) is 0 Å². The smallest absolute Gasteiger partial charge is 0.119 e. The summed E-state index contributed by atoms with van der Waals surface area (Å²) < 4.78 is 5.87. The van der Waals surface area contributed by atoms with Gasteiger partial charge in [-0.05, 0) is 51.1 Å². The number of piperidine rings is 1. The van der Waals surface area contributed by atoms with Crippen LogP contribution in [0.5, 0.6) is 5.75 Å². The van der Waals surface area contributed by atoms with Gasteiger partial charge in [0.1, 0.15) is 12.4 Å². The molecule has 0 aromatic heterocycles. The first-order valence-corrected chi connectivity index (χ1v) is 6.85. The quantitative estimate of drug-likeness (QED) is 0.890. The largest absolute Gasteiger partial charge is 0.492 e. The lowest BCUT2D eigenvalue weighted by molar-refractivity contribution is 0.125. The first kappa shape index (κ1) is 13.4. The van der Waals surface area contributed by atoms with Crippen molar-refractivity contribution in [3.63, 3.8) is 0 Å². The second-order valence-electron chi connectivity index (χ2n) is 5.30. The normalized spacial score (nSPS) is 22.7. The van der Waals surface area contributed by atoms with Gasteiger partial charge in [-0.2, -0.15) is 0 Å². The van der Waals surface area contributed by atoms with E-state index in [9.17, 15) is 0 Å². The molecule has 18 heavy (non-hydrogen) atoms. The van der Waals surface area contributed by atoms with E-state index in [2.05, 4.69) is 11.9 Å². The van der Waals surface area contributed by atoms with E-state index in [0.29, 0.717) is 6.04 Å². The van der Waals surface area contributed by atoms with Crippen molar-refractivity contribution >= 4 is 0 Å². The molecular formula is C15H24N2O. The van der Waals surface area contributed by atoms with Gasteiger partial charge in [0, 0.05) is 12.1 Å². The van der Waals surface area contributed by atoms with Gasteiger partial charge in [0.15, 0.2) is 0 Å². The molecule has 0 amide bonds. The molecule has 3 heteroatoms. The van der Waals surface area contributed by atoms with E-state index in [0.717, 1.165) is 17.9 Å². The first-order chi connectivity index (χ1) is 8.66. The summed E-state index contributed by atoms with van der Waals surface area (Å²) in [5, 5.41) is 0. The van der Waals surface area contributed by atoms with Crippen molar-refractivity contribution in [2.45, 2.75) is 38.3 Å². The maximum atomic E-state index is 5.87. The van der Waals surface area contributed by atoms with Crippen LogP contribution in [0.15, 0.2) is 24.3 Å². The Labute approximate surface area is 110 Å². The molecule has 0 saturated carbocycles. The van der Waals surface area contributed by atoms with Gasteiger partial charge in [-0.15, -0.1) is 0 Å². The van der Waals surface area contributed by atoms with Gasteiger partial charge in [-0.25, -0.2) is 0 Å². The lowest BCUT2D eigenvalue weighted by Gasteiger charge is -2.32. The van der Waals surface area contributed by atoms with Gasteiger partial charge in [0.2, 0.25) is 0 Å². The molecule has 1 fully saturated rings. The molecular weight excluding hydrogens is 224 g/mol. The minimum Gasteiger partial charge on any atom is -0.492 e. The highest BCUT2D eigenvalue weighted by Crippen LogP contribution is 2.19. The summed E-state index contributed by atoms with van der Waals surface area (Å²) in [6.45, 7) is 3.97. The van der Waals surface area contributed by atoms with Crippen LogP contribution in [0.1, 0.15) is 37.8 Å². The molecule has 0 aliphatic carbocycles. The highest BCUT2D eigenvalue weighted by molar-refractivity contribution is 5.28. The van der Waals surface area contributed by atoms with Crippen LogP contribution in [-0.4, -0.2) is 31.1 Å². The Morgan fingerprint density at radius 3 is 2.67 bits per heavy atom. The number of ether oxygens (including phenoxy) is 1. The Kier molecular flexibility index (Phi) is 4.61. The Morgan fingerprint density at radius 2 is 2.06 bits per heavy atom. The molecule has 2 N–H and O–H groups in total. The molecule has 1 unspecified atom stereocenters. The molecule has 1 saturated heterocycles. The average molecular weight is 248 g/mol. The number of nitrogens with two attached hydrogens (primary N) is 1. The zero-order chi connectivity index (χ0) is 13.0. The van der Waals surface area contributed by atoms with Crippen molar-refractivity contribution < 1.29 is 4.74 Å². The number of hydrogen-bond donors (Lipinski definition) is 1. The number of hydrogen-bond acceptors (Lipinski definition) is 3. The predicted octanol–water partition coefficient (Wildman–Crippen LogP) is 2.57. The van der Waals surface area contributed by atoms with Crippen LogP contribution < -0.4 is 10.5 Å². The van der Waals surface area contributed by atoms with E-state index in [4.69, 9.17) is 10.5 Å². The summed E-state index contributed by atoms with van der Waals surface area (Å²) in [7, 11) is 2.19. The molecule has 2 rings (SSSR count). The van der Waals surface area contributed by atoms with Crippen molar-refractivity contribution in [2.75, 3.05) is 20.2 Å². The summed E-state index contributed by atoms with van der Waals surface area (Å²) >= 11 is 0. The van der Waals surface area contributed by atoms with Crippen LogP contribution in [0.3, 0.4) is 0 Å². The Morgan fingerprint density at radius 1 is 1.33 bits per heavy atom. The summed E-state index contributed by atoms with van der Waals surface area (Å²) in [6, 6.07) is 8.77. The third-order valence-electron chi connectivity index (χ3n) is 3.77. The molecule has 0 spiro atoms. The molecule has 1 aliphatic rings. The van der Waals surface area contributed by atoms with Gasteiger partial charge in [0.05, 0.1) is 0 Å². The van der Waals surface area contributed by atoms with E-state index in [1.54, 1.807) is 0 Å². The summed E-state index contributed by atoms with van der Waals surface area (Å²) in [5.41, 5.74) is 6.98. The van der Waals surface area contributed by atoms with E-state index in [1.165, 1.54) is 25.8 Å². The highest BCUT2D eigenvalue weighted by atomic mass is 16.5. The van der Waals surface area contributed by atoms with Crippen LogP contribution in [0, 0.1) is 0 Å². The van der Waals surface area contributed by atoms with Gasteiger partial charge in [-0.1, -0.05) is 18.6 Å². The zero-order valence-electron chi connectivity index (χ0n) is 11.4. The van der Waals surface area contributed by atoms with E-state index >= 15 is 0 Å². The van der Waals surface area contributed by atoms with E-state index in [1.807, 2.05) is 31.2 Å². The number of likely N-dealkylation sites (N-methyl/N-ethyl adjacent to an activating group) is 1. The lowest BCUT2D eigenvalue weighted by Crippen LogP contribution is -2.40. The summed E-state index contributed by atoms with van der Waals surface area (Å²) in [6.07, 6.45) is 3.88. The molecule has 3 nitrogen and oxygen atoms in total. The Bertz CT molecular complexity index is 361. The fourth-order valence-electron chi connectivity index (χ4n) is 2.41. The first-order valence-electron chi connectivity index (χ1n) is 6.85. The Balaban J connectivity index is 1.85. The third kappa shape index (κ3) is 3.47. The molecule has 100 valence electrons. The summed E-state index contributed by atoms with van der Waals surface area (Å²) in [4.78, 5) is 2.40. The molecule has 2 atom stereocenters. The topological polar surface area (TPSA) is 38.5 Å². The third-order valence-corrected chi connectivity index (χ3v) is 3.77. The zero-order valence-corrected chi connectivity index (χ0v) is 11.4. The Hall–Kier alpha value is -1.06. The van der Waals surface area contributed by atoms with Crippen LogP contribution in [0.2, 0.25) is 0 Å². The van der Waals surface area contributed by atoms with Crippen molar-refractivity contribution in [3.8, 4) is 5.75 Å². The standard InChI is InChI=1S/C15H24N2O/c1-12(16)13-6-8-15(9-7-13)18-11-14-5-3-4-10-17(14)2/h6-9,12,14H,3-5,10-11,16H2,1-2H3/t12-,14?/m0/s1. The minimum atomic E-state index is 0.0866. The SMILES string of the molecule is C[C@H](N)c1ccc(OCC2CCCCN2C)cc1. The number of rotatable bonds is 4. The van der Waals surface area contributed by atoms with E-state index in [-0.39, 0.29) is 6.04 Å². The number of benzene rings is 1. The van der Waals surface area contributed by atoms with Crippen molar-refractivity contribution in [3.05, 3.63) is 29.8 Å². The van der Waals surface area contributed by atoms with Crippen LogP contribution >= 0.6 is 0 Å². The fraction of sp³-hybridized carbons (Fsp3) is 0.600. The second-order valence-corrected chi connectivity index (χ2v) is 5.30. The maximum Gasteiger partial charge on any atom is 0.119 e.